The van der Waals surface area contributed by atoms with E-state index in [-0.39, 0.29) is 11.5 Å². The summed E-state index contributed by atoms with van der Waals surface area (Å²) in [7, 11) is 1.52. The Morgan fingerprint density at radius 2 is 1.59 bits per heavy atom. The van der Waals surface area contributed by atoms with Crippen LogP contribution in [0.15, 0.2) is 0 Å². The molecule has 0 atom stereocenters. The zero-order chi connectivity index (χ0) is 13.3. The van der Waals surface area contributed by atoms with Gasteiger partial charge in [-0.2, -0.15) is 0 Å². The molecule has 0 saturated carbocycles. The normalized spacial score (nSPS) is 10.2. The van der Waals surface area contributed by atoms with Gasteiger partial charge < -0.3 is 11.1 Å². The molecule has 0 fully saturated rings. The highest BCUT2D eigenvalue weighted by atomic mass is 127. The fourth-order valence-corrected chi connectivity index (χ4v) is 5.83. The number of rotatable bonds is 2. The molecule has 0 saturated heterocycles. The van der Waals surface area contributed by atoms with Crippen molar-refractivity contribution < 1.29 is 9.59 Å². The first kappa shape index (κ1) is 15.7. The maximum atomic E-state index is 11.8. The molecule has 92 valence electrons. The van der Waals surface area contributed by atoms with Crippen molar-refractivity contribution in [2.24, 2.45) is 0 Å². The van der Waals surface area contributed by atoms with Gasteiger partial charge in [-0.3, -0.25) is 9.59 Å². The lowest BCUT2D eigenvalue weighted by Gasteiger charge is -2.14. The molecular formula is C9H6ClI3N2O2. The molecule has 1 amide bonds. The van der Waals surface area contributed by atoms with Gasteiger partial charge in [0.2, 0.25) is 0 Å². The third-order valence-corrected chi connectivity index (χ3v) is 5.51. The van der Waals surface area contributed by atoms with Gasteiger partial charge in [0.05, 0.1) is 24.0 Å². The number of hydrogen-bond acceptors (Lipinski definition) is 3. The fourth-order valence-electron chi connectivity index (χ4n) is 1.18. The van der Waals surface area contributed by atoms with E-state index in [1.165, 1.54) is 7.05 Å². The second kappa shape index (κ2) is 6.19. The van der Waals surface area contributed by atoms with Crippen molar-refractivity contribution >= 4 is 96.2 Å². The van der Waals surface area contributed by atoms with Crippen molar-refractivity contribution in [2.45, 2.75) is 0 Å². The third kappa shape index (κ3) is 2.97. The van der Waals surface area contributed by atoms with Crippen LogP contribution >= 0.6 is 79.4 Å². The smallest absolute Gasteiger partial charge is 0.254 e. The highest BCUT2D eigenvalue weighted by molar-refractivity contribution is 14.1. The lowest BCUT2D eigenvalue weighted by molar-refractivity contribution is 0.0961. The topological polar surface area (TPSA) is 72.2 Å². The first-order valence-corrected chi connectivity index (χ1v) is 7.82. The molecule has 0 spiro atoms. The zero-order valence-corrected chi connectivity index (χ0v) is 15.6. The van der Waals surface area contributed by atoms with E-state index in [1.54, 1.807) is 0 Å². The molecule has 0 bridgehead atoms. The van der Waals surface area contributed by atoms with E-state index in [0.29, 0.717) is 22.0 Å². The molecule has 1 rings (SSSR count). The van der Waals surface area contributed by atoms with E-state index < -0.39 is 5.24 Å². The van der Waals surface area contributed by atoms with Crippen LogP contribution in [0.5, 0.6) is 0 Å². The molecule has 17 heavy (non-hydrogen) atoms. The Morgan fingerprint density at radius 1 is 1.12 bits per heavy atom. The molecule has 0 aliphatic rings. The van der Waals surface area contributed by atoms with Crippen LogP contribution in [0.3, 0.4) is 0 Å². The molecule has 0 aliphatic heterocycles. The number of nitrogens with two attached hydrogens (primary N) is 1. The first-order valence-electron chi connectivity index (χ1n) is 4.20. The summed E-state index contributed by atoms with van der Waals surface area (Å²) in [6, 6.07) is 0. The van der Waals surface area contributed by atoms with Gasteiger partial charge in [-0.05, 0) is 79.4 Å². The van der Waals surface area contributed by atoms with E-state index in [0.717, 1.165) is 0 Å². The molecular weight excluding hydrogens is 584 g/mol. The highest BCUT2D eigenvalue weighted by Crippen LogP contribution is 2.34. The van der Waals surface area contributed by atoms with Gasteiger partial charge in [0.15, 0.2) is 0 Å². The van der Waals surface area contributed by atoms with Crippen LogP contribution in [0, 0.1) is 10.7 Å². The number of halogens is 4. The molecule has 1 aromatic carbocycles. The maximum absolute atomic E-state index is 11.8. The molecule has 3 N–H and O–H groups in total. The predicted molar refractivity (Wildman–Crippen MR) is 92.6 cm³/mol. The lowest BCUT2D eigenvalue weighted by Crippen LogP contribution is -2.23. The van der Waals surface area contributed by atoms with Crippen LogP contribution in [0.1, 0.15) is 20.7 Å². The summed E-state index contributed by atoms with van der Waals surface area (Å²) in [5.41, 5.74) is 6.94. The van der Waals surface area contributed by atoms with Crippen LogP contribution in [0.4, 0.5) is 5.69 Å². The molecule has 0 unspecified atom stereocenters. The quantitative estimate of drug-likeness (QED) is 0.317. The zero-order valence-electron chi connectivity index (χ0n) is 8.41. The van der Waals surface area contributed by atoms with E-state index in [1.807, 2.05) is 67.8 Å². The van der Waals surface area contributed by atoms with Gasteiger partial charge in [-0.15, -0.1) is 0 Å². The average Bonchev–Trinajstić information content (AvgIpc) is 2.25. The number of carbonyl (C=O) groups excluding carboxylic acids is 2. The largest absolute Gasteiger partial charge is 0.397 e. The van der Waals surface area contributed by atoms with Gasteiger partial charge >= 0.3 is 0 Å². The minimum absolute atomic E-state index is 0.282. The SMILES string of the molecule is CNC(=O)c1c(I)c(N)c(I)c(C(=O)Cl)c1I. The van der Waals surface area contributed by atoms with Crippen molar-refractivity contribution in [3.8, 4) is 0 Å². The van der Waals surface area contributed by atoms with Crippen molar-refractivity contribution in [1.29, 1.82) is 0 Å². The summed E-state index contributed by atoms with van der Waals surface area (Å²) in [6.45, 7) is 0. The number of benzene rings is 1. The first-order chi connectivity index (χ1) is 7.82. The van der Waals surface area contributed by atoms with Crippen molar-refractivity contribution in [1.82, 2.24) is 5.32 Å². The summed E-state index contributed by atoms with van der Waals surface area (Å²) >= 11 is 11.4. The predicted octanol–water partition coefficient (Wildman–Crippen LogP) is 2.82. The van der Waals surface area contributed by atoms with Gasteiger partial charge in [0.1, 0.15) is 0 Å². The van der Waals surface area contributed by atoms with Gasteiger partial charge in [0.25, 0.3) is 11.1 Å². The van der Waals surface area contributed by atoms with Crippen LogP contribution < -0.4 is 11.1 Å². The minimum Gasteiger partial charge on any atom is -0.397 e. The molecule has 0 aromatic heterocycles. The van der Waals surface area contributed by atoms with Crippen LogP contribution in [0.25, 0.3) is 0 Å². The van der Waals surface area contributed by atoms with E-state index in [4.69, 9.17) is 17.3 Å². The number of hydrogen-bond donors (Lipinski definition) is 2. The lowest BCUT2D eigenvalue weighted by atomic mass is 10.1. The number of nitrogens with one attached hydrogen (secondary N) is 1. The highest BCUT2D eigenvalue weighted by Gasteiger charge is 2.25. The Bertz CT molecular complexity index is 520. The van der Waals surface area contributed by atoms with Crippen molar-refractivity contribution in [3.63, 3.8) is 0 Å². The monoisotopic (exact) mass is 590 g/mol. The second-order valence-electron chi connectivity index (χ2n) is 2.96. The Morgan fingerprint density at radius 3 is 2.00 bits per heavy atom. The molecule has 4 nitrogen and oxygen atoms in total. The van der Waals surface area contributed by atoms with E-state index in [2.05, 4.69) is 5.32 Å². The summed E-state index contributed by atoms with van der Waals surface area (Å²) in [6.07, 6.45) is 0. The van der Waals surface area contributed by atoms with Gasteiger partial charge in [-0.25, -0.2) is 0 Å². The number of amides is 1. The molecule has 8 heteroatoms. The van der Waals surface area contributed by atoms with Crippen LogP contribution in [0.2, 0.25) is 0 Å². The summed E-state index contributed by atoms with van der Waals surface area (Å²) < 4.78 is 1.71. The third-order valence-electron chi connectivity index (χ3n) is 2.00. The summed E-state index contributed by atoms with van der Waals surface area (Å²) in [5, 5.41) is 1.90. The van der Waals surface area contributed by atoms with Gasteiger partial charge in [-0.1, -0.05) is 0 Å². The minimum atomic E-state index is -0.618. The molecule has 0 aliphatic carbocycles. The maximum Gasteiger partial charge on any atom is 0.254 e. The number of nitrogen functional groups attached to an aromatic ring is 1. The Labute approximate surface area is 144 Å². The van der Waals surface area contributed by atoms with Crippen molar-refractivity contribution in [2.75, 3.05) is 12.8 Å². The molecule has 1 aromatic rings. The van der Waals surface area contributed by atoms with Crippen LogP contribution in [-0.2, 0) is 0 Å². The molecule has 0 heterocycles. The Hall–Kier alpha value is 0.640. The number of carbonyl (C=O) groups is 2. The summed E-state index contributed by atoms with van der Waals surface area (Å²) in [5.74, 6) is -0.291. The van der Waals surface area contributed by atoms with Gasteiger partial charge in [0, 0.05) is 10.6 Å². The molecule has 0 radical (unpaired) electrons. The van der Waals surface area contributed by atoms with Crippen molar-refractivity contribution in [3.05, 3.63) is 21.8 Å². The number of anilines is 1. The standard InChI is InChI=1S/C9H6ClI3N2O2/c1-15-9(17)3-4(11)2(8(10)16)5(12)7(14)6(3)13/h14H2,1H3,(H,15,17). The second-order valence-corrected chi connectivity index (χ2v) is 6.54. The van der Waals surface area contributed by atoms with E-state index >= 15 is 0 Å². The average molecular weight is 590 g/mol. The Kier molecular flexibility index (Phi) is 5.72. The van der Waals surface area contributed by atoms with Crippen LogP contribution in [-0.4, -0.2) is 18.2 Å². The summed E-state index contributed by atoms with van der Waals surface area (Å²) in [4.78, 5) is 23.1. The Balaban J connectivity index is 3.74. The van der Waals surface area contributed by atoms with E-state index in [9.17, 15) is 9.59 Å². The fraction of sp³-hybridized carbons (Fsp3) is 0.111.